The molecular formula is C12H12BrN3O3. The molecular weight excluding hydrogens is 314 g/mol. The molecule has 0 saturated carbocycles. The third-order valence-electron chi connectivity index (χ3n) is 2.78. The van der Waals surface area contributed by atoms with Crippen LogP contribution in [0.5, 0.6) is 0 Å². The van der Waals surface area contributed by atoms with Gasteiger partial charge in [0.05, 0.1) is 5.56 Å². The van der Waals surface area contributed by atoms with Crippen LogP contribution in [0, 0.1) is 0 Å². The maximum atomic E-state index is 12.1. The van der Waals surface area contributed by atoms with Gasteiger partial charge in [0.25, 0.3) is 5.91 Å². The van der Waals surface area contributed by atoms with Gasteiger partial charge in [0.15, 0.2) is 0 Å². The van der Waals surface area contributed by atoms with Crippen molar-refractivity contribution in [1.29, 1.82) is 0 Å². The van der Waals surface area contributed by atoms with Crippen molar-refractivity contribution in [2.75, 3.05) is 5.73 Å². The molecule has 1 aromatic rings. The van der Waals surface area contributed by atoms with Gasteiger partial charge in [-0.3, -0.25) is 19.7 Å². The average Bonchev–Trinajstić information content (AvgIpc) is 2.35. The van der Waals surface area contributed by atoms with Crippen LogP contribution in [0.2, 0.25) is 0 Å². The zero-order valence-corrected chi connectivity index (χ0v) is 11.5. The summed E-state index contributed by atoms with van der Waals surface area (Å²) in [6, 6.07) is 4.14. The first-order chi connectivity index (χ1) is 8.97. The van der Waals surface area contributed by atoms with Gasteiger partial charge in [-0.2, -0.15) is 0 Å². The predicted molar refractivity (Wildman–Crippen MR) is 72.2 cm³/mol. The Balaban J connectivity index is 2.11. The van der Waals surface area contributed by atoms with Crippen molar-refractivity contribution in [3.63, 3.8) is 0 Å². The molecule has 0 aliphatic carbocycles. The quantitative estimate of drug-likeness (QED) is 0.546. The fourth-order valence-corrected chi connectivity index (χ4v) is 2.21. The Kier molecular flexibility index (Phi) is 3.84. The number of benzene rings is 1. The van der Waals surface area contributed by atoms with Gasteiger partial charge in [-0.15, -0.1) is 0 Å². The van der Waals surface area contributed by atoms with Gasteiger partial charge in [-0.05, 0) is 40.5 Å². The van der Waals surface area contributed by atoms with Gasteiger partial charge in [-0.25, -0.2) is 0 Å². The number of piperidine rings is 1. The molecule has 7 heteroatoms. The summed E-state index contributed by atoms with van der Waals surface area (Å²) in [7, 11) is 0. The molecule has 1 heterocycles. The second-order valence-electron chi connectivity index (χ2n) is 4.22. The maximum Gasteiger partial charge on any atom is 0.253 e. The topological polar surface area (TPSA) is 101 Å². The molecule has 3 amide bonds. The van der Waals surface area contributed by atoms with Crippen LogP contribution in [0.25, 0.3) is 0 Å². The standard InChI is InChI=1S/C12H12BrN3O3/c13-8-2-1-6(14)5-7(8)11(18)15-9-3-4-10(17)16-12(9)19/h1-2,5,9H,3-4,14H2,(H,15,18)(H,16,17,19). The van der Waals surface area contributed by atoms with E-state index in [1.54, 1.807) is 12.1 Å². The van der Waals surface area contributed by atoms with Crippen LogP contribution in [0.4, 0.5) is 5.69 Å². The highest BCUT2D eigenvalue weighted by molar-refractivity contribution is 9.10. The summed E-state index contributed by atoms with van der Waals surface area (Å²) in [4.78, 5) is 34.6. The number of nitrogens with two attached hydrogens (primary N) is 1. The number of carbonyl (C=O) groups excluding carboxylic acids is 3. The first-order valence-electron chi connectivity index (χ1n) is 5.67. The van der Waals surface area contributed by atoms with E-state index in [4.69, 9.17) is 5.73 Å². The molecule has 1 unspecified atom stereocenters. The fourth-order valence-electron chi connectivity index (χ4n) is 1.78. The highest BCUT2D eigenvalue weighted by Crippen LogP contribution is 2.20. The van der Waals surface area contributed by atoms with E-state index in [0.717, 1.165) is 0 Å². The SMILES string of the molecule is Nc1ccc(Br)c(C(=O)NC2CCC(=O)NC2=O)c1. The molecule has 1 saturated heterocycles. The van der Waals surface area contributed by atoms with E-state index in [-0.39, 0.29) is 12.3 Å². The minimum atomic E-state index is -0.696. The molecule has 1 fully saturated rings. The predicted octanol–water partition coefficient (Wildman–Crippen LogP) is 0.566. The van der Waals surface area contributed by atoms with Crippen molar-refractivity contribution in [1.82, 2.24) is 10.6 Å². The van der Waals surface area contributed by atoms with Crippen LogP contribution in [0.3, 0.4) is 0 Å². The monoisotopic (exact) mass is 325 g/mol. The molecule has 0 aromatic heterocycles. The van der Waals surface area contributed by atoms with Gasteiger partial charge in [0.1, 0.15) is 6.04 Å². The Morgan fingerprint density at radius 3 is 2.84 bits per heavy atom. The summed E-state index contributed by atoms with van der Waals surface area (Å²) >= 11 is 3.25. The maximum absolute atomic E-state index is 12.1. The summed E-state index contributed by atoms with van der Waals surface area (Å²) in [6.45, 7) is 0. The molecule has 1 aliphatic rings. The van der Waals surface area contributed by atoms with Crippen LogP contribution in [0.1, 0.15) is 23.2 Å². The van der Waals surface area contributed by atoms with Gasteiger partial charge in [0, 0.05) is 16.6 Å². The second-order valence-corrected chi connectivity index (χ2v) is 5.07. The van der Waals surface area contributed by atoms with Crippen LogP contribution < -0.4 is 16.4 Å². The number of imide groups is 1. The molecule has 100 valence electrons. The van der Waals surface area contributed by atoms with Crippen molar-refractivity contribution in [3.05, 3.63) is 28.2 Å². The first-order valence-corrected chi connectivity index (χ1v) is 6.46. The number of carbonyl (C=O) groups is 3. The largest absolute Gasteiger partial charge is 0.399 e. The number of hydrogen-bond acceptors (Lipinski definition) is 4. The molecule has 4 N–H and O–H groups in total. The highest BCUT2D eigenvalue weighted by atomic mass is 79.9. The van der Waals surface area contributed by atoms with Crippen LogP contribution in [0.15, 0.2) is 22.7 Å². The van der Waals surface area contributed by atoms with E-state index in [2.05, 4.69) is 26.6 Å². The minimum Gasteiger partial charge on any atom is -0.399 e. The van der Waals surface area contributed by atoms with Crippen molar-refractivity contribution in [2.45, 2.75) is 18.9 Å². The smallest absolute Gasteiger partial charge is 0.253 e. The number of nitrogen functional groups attached to an aromatic ring is 1. The molecule has 1 aliphatic heterocycles. The molecule has 0 spiro atoms. The summed E-state index contributed by atoms with van der Waals surface area (Å²) in [5.41, 5.74) is 6.43. The molecule has 19 heavy (non-hydrogen) atoms. The van der Waals surface area contributed by atoms with E-state index in [0.29, 0.717) is 22.1 Å². The van der Waals surface area contributed by atoms with Crippen LogP contribution in [-0.4, -0.2) is 23.8 Å². The first kappa shape index (κ1) is 13.5. The van der Waals surface area contributed by atoms with E-state index < -0.39 is 17.9 Å². The number of nitrogens with one attached hydrogen (secondary N) is 2. The Morgan fingerprint density at radius 2 is 2.16 bits per heavy atom. The molecule has 6 nitrogen and oxygen atoms in total. The van der Waals surface area contributed by atoms with Crippen LogP contribution in [-0.2, 0) is 9.59 Å². The van der Waals surface area contributed by atoms with E-state index in [1.807, 2.05) is 0 Å². The third-order valence-corrected chi connectivity index (χ3v) is 3.47. The third kappa shape index (κ3) is 3.11. The number of rotatable bonds is 2. The lowest BCUT2D eigenvalue weighted by molar-refractivity contribution is -0.134. The Hall–Kier alpha value is -1.89. The normalized spacial score (nSPS) is 18.9. The number of hydrogen-bond donors (Lipinski definition) is 3. The second kappa shape index (κ2) is 5.40. The summed E-state index contributed by atoms with van der Waals surface area (Å²) in [5.74, 6) is -1.21. The lowest BCUT2D eigenvalue weighted by Gasteiger charge is -2.22. The number of amides is 3. The van der Waals surface area contributed by atoms with Crippen LogP contribution >= 0.6 is 15.9 Å². The molecule has 0 bridgehead atoms. The lowest BCUT2D eigenvalue weighted by atomic mass is 10.1. The summed E-state index contributed by atoms with van der Waals surface area (Å²) in [5, 5.41) is 4.77. The van der Waals surface area contributed by atoms with E-state index in [1.165, 1.54) is 6.07 Å². The van der Waals surface area contributed by atoms with E-state index in [9.17, 15) is 14.4 Å². The van der Waals surface area contributed by atoms with Gasteiger partial charge < -0.3 is 11.1 Å². The molecule has 1 aromatic carbocycles. The summed E-state index contributed by atoms with van der Waals surface area (Å²) in [6.07, 6.45) is 0.519. The Morgan fingerprint density at radius 1 is 1.42 bits per heavy atom. The van der Waals surface area contributed by atoms with Gasteiger partial charge in [0.2, 0.25) is 11.8 Å². The minimum absolute atomic E-state index is 0.217. The van der Waals surface area contributed by atoms with Crippen molar-refractivity contribution >= 4 is 39.3 Å². The van der Waals surface area contributed by atoms with Crippen molar-refractivity contribution < 1.29 is 14.4 Å². The molecule has 2 rings (SSSR count). The lowest BCUT2D eigenvalue weighted by Crippen LogP contribution is -2.52. The zero-order valence-electron chi connectivity index (χ0n) is 9.90. The molecule has 0 radical (unpaired) electrons. The van der Waals surface area contributed by atoms with Crippen molar-refractivity contribution in [3.8, 4) is 0 Å². The average molecular weight is 326 g/mol. The zero-order chi connectivity index (χ0) is 14.0. The van der Waals surface area contributed by atoms with E-state index >= 15 is 0 Å². The van der Waals surface area contributed by atoms with Gasteiger partial charge in [-0.1, -0.05) is 0 Å². The number of halogens is 1. The highest BCUT2D eigenvalue weighted by Gasteiger charge is 2.28. The fraction of sp³-hybridized carbons (Fsp3) is 0.250. The Labute approximate surface area is 117 Å². The molecule has 1 atom stereocenters. The number of anilines is 1. The Bertz CT molecular complexity index is 559. The summed E-state index contributed by atoms with van der Waals surface area (Å²) < 4.78 is 0.589. The van der Waals surface area contributed by atoms with Gasteiger partial charge >= 0.3 is 0 Å². The van der Waals surface area contributed by atoms with Crippen molar-refractivity contribution in [2.24, 2.45) is 0 Å².